The SMILES string of the molecule is CCn1nc(C)c(S(=O)(=O)N2CCC[C@@H](C)C2)c1C. The molecule has 1 aliphatic heterocycles. The fourth-order valence-electron chi connectivity index (χ4n) is 2.86. The van der Waals surface area contributed by atoms with E-state index in [-0.39, 0.29) is 0 Å². The molecule has 0 bridgehead atoms. The molecule has 0 saturated carbocycles. The van der Waals surface area contributed by atoms with Gasteiger partial charge < -0.3 is 0 Å². The van der Waals surface area contributed by atoms with Crippen LogP contribution in [-0.4, -0.2) is 35.6 Å². The lowest BCUT2D eigenvalue weighted by Crippen LogP contribution is -2.39. The highest BCUT2D eigenvalue weighted by molar-refractivity contribution is 7.89. The van der Waals surface area contributed by atoms with Crippen LogP contribution in [0.4, 0.5) is 0 Å². The predicted octanol–water partition coefficient (Wildman–Crippen LogP) is 1.94. The van der Waals surface area contributed by atoms with Crippen molar-refractivity contribution in [2.24, 2.45) is 5.92 Å². The predicted molar refractivity (Wildman–Crippen MR) is 74.5 cm³/mol. The van der Waals surface area contributed by atoms with Crippen molar-refractivity contribution in [1.29, 1.82) is 0 Å². The summed E-state index contributed by atoms with van der Waals surface area (Å²) in [6, 6.07) is 0. The van der Waals surface area contributed by atoms with Crippen molar-refractivity contribution in [2.45, 2.75) is 52.0 Å². The van der Waals surface area contributed by atoms with Crippen LogP contribution >= 0.6 is 0 Å². The van der Waals surface area contributed by atoms with E-state index in [9.17, 15) is 8.42 Å². The van der Waals surface area contributed by atoms with Gasteiger partial charge in [0, 0.05) is 19.6 Å². The molecule has 1 atom stereocenters. The van der Waals surface area contributed by atoms with Gasteiger partial charge in [0.15, 0.2) is 0 Å². The molecule has 1 aliphatic rings. The van der Waals surface area contributed by atoms with E-state index in [2.05, 4.69) is 12.0 Å². The van der Waals surface area contributed by atoms with E-state index in [1.54, 1.807) is 15.9 Å². The fraction of sp³-hybridized carbons (Fsp3) is 0.769. The molecule has 1 fully saturated rings. The van der Waals surface area contributed by atoms with E-state index >= 15 is 0 Å². The lowest BCUT2D eigenvalue weighted by molar-refractivity contribution is 0.281. The minimum atomic E-state index is -3.40. The van der Waals surface area contributed by atoms with Gasteiger partial charge in [-0.1, -0.05) is 6.92 Å². The quantitative estimate of drug-likeness (QED) is 0.853. The maximum absolute atomic E-state index is 12.8. The molecule has 1 aromatic heterocycles. The molecule has 1 aromatic rings. The van der Waals surface area contributed by atoms with Crippen LogP contribution in [0, 0.1) is 19.8 Å². The molecule has 2 heterocycles. The number of hydrogen-bond acceptors (Lipinski definition) is 3. The van der Waals surface area contributed by atoms with Crippen LogP contribution in [0.3, 0.4) is 0 Å². The van der Waals surface area contributed by atoms with E-state index in [0.29, 0.717) is 36.1 Å². The highest BCUT2D eigenvalue weighted by Crippen LogP contribution is 2.27. The topological polar surface area (TPSA) is 55.2 Å². The normalized spacial score (nSPS) is 21.8. The van der Waals surface area contributed by atoms with Gasteiger partial charge in [-0.3, -0.25) is 4.68 Å². The Hall–Kier alpha value is -0.880. The molecule has 0 radical (unpaired) electrons. The zero-order valence-corrected chi connectivity index (χ0v) is 13.0. The van der Waals surface area contributed by atoms with Crippen molar-refractivity contribution >= 4 is 10.0 Å². The zero-order valence-electron chi connectivity index (χ0n) is 12.2. The summed E-state index contributed by atoms with van der Waals surface area (Å²) in [5, 5.41) is 4.32. The Labute approximate surface area is 115 Å². The number of hydrogen-bond donors (Lipinski definition) is 0. The van der Waals surface area contributed by atoms with Crippen LogP contribution in [0.5, 0.6) is 0 Å². The van der Waals surface area contributed by atoms with Gasteiger partial charge in [0.1, 0.15) is 4.90 Å². The van der Waals surface area contributed by atoms with E-state index < -0.39 is 10.0 Å². The molecule has 0 amide bonds. The number of aromatic nitrogens is 2. The van der Waals surface area contributed by atoms with Crippen molar-refractivity contribution in [2.75, 3.05) is 13.1 Å². The second-order valence-corrected chi connectivity index (χ2v) is 7.30. The second kappa shape index (κ2) is 5.25. The third-order valence-corrected chi connectivity index (χ3v) is 5.95. The summed E-state index contributed by atoms with van der Waals surface area (Å²) < 4.78 is 28.9. The van der Waals surface area contributed by atoms with E-state index in [1.807, 2.05) is 13.8 Å². The molecule has 0 aromatic carbocycles. The zero-order chi connectivity index (χ0) is 14.2. The summed E-state index contributed by atoms with van der Waals surface area (Å²) in [6.45, 7) is 9.64. The summed E-state index contributed by atoms with van der Waals surface area (Å²) in [4.78, 5) is 0.406. The molecular weight excluding hydrogens is 262 g/mol. The number of aryl methyl sites for hydroxylation is 2. The molecule has 6 heteroatoms. The van der Waals surface area contributed by atoms with Crippen molar-refractivity contribution in [1.82, 2.24) is 14.1 Å². The molecule has 108 valence electrons. The average Bonchev–Trinajstić information content (AvgIpc) is 2.64. The van der Waals surface area contributed by atoms with E-state index in [0.717, 1.165) is 18.5 Å². The Morgan fingerprint density at radius 3 is 2.58 bits per heavy atom. The van der Waals surface area contributed by atoms with Gasteiger partial charge in [-0.15, -0.1) is 0 Å². The Morgan fingerprint density at radius 2 is 2.05 bits per heavy atom. The van der Waals surface area contributed by atoms with Crippen LogP contribution < -0.4 is 0 Å². The molecule has 2 rings (SSSR count). The van der Waals surface area contributed by atoms with Gasteiger partial charge in [0.05, 0.1) is 11.4 Å². The fourth-order valence-corrected chi connectivity index (χ4v) is 4.83. The van der Waals surface area contributed by atoms with Gasteiger partial charge in [0.2, 0.25) is 10.0 Å². The first kappa shape index (κ1) is 14.5. The van der Waals surface area contributed by atoms with Crippen molar-refractivity contribution in [3.63, 3.8) is 0 Å². The second-order valence-electron chi connectivity index (χ2n) is 5.43. The average molecular weight is 285 g/mol. The third kappa shape index (κ3) is 2.56. The van der Waals surface area contributed by atoms with Gasteiger partial charge in [0.25, 0.3) is 0 Å². The van der Waals surface area contributed by atoms with E-state index in [4.69, 9.17) is 0 Å². The maximum atomic E-state index is 12.8. The van der Waals surface area contributed by atoms with Crippen LogP contribution in [-0.2, 0) is 16.6 Å². The number of sulfonamides is 1. The molecule has 0 N–H and O–H groups in total. The Morgan fingerprint density at radius 1 is 1.37 bits per heavy atom. The van der Waals surface area contributed by atoms with Crippen LogP contribution in [0.25, 0.3) is 0 Å². The summed E-state index contributed by atoms with van der Waals surface area (Å²) in [7, 11) is -3.40. The molecule has 0 spiro atoms. The first-order valence-electron chi connectivity index (χ1n) is 6.92. The minimum absolute atomic E-state index is 0.406. The highest BCUT2D eigenvalue weighted by atomic mass is 32.2. The summed E-state index contributed by atoms with van der Waals surface area (Å²) >= 11 is 0. The van der Waals surface area contributed by atoms with Crippen molar-refractivity contribution in [3.8, 4) is 0 Å². The summed E-state index contributed by atoms with van der Waals surface area (Å²) in [5.74, 6) is 0.436. The first-order valence-corrected chi connectivity index (χ1v) is 8.36. The Kier molecular flexibility index (Phi) is 4.01. The largest absolute Gasteiger partial charge is 0.268 e. The van der Waals surface area contributed by atoms with Crippen molar-refractivity contribution < 1.29 is 8.42 Å². The maximum Gasteiger partial charge on any atom is 0.246 e. The lowest BCUT2D eigenvalue weighted by Gasteiger charge is -2.30. The summed E-state index contributed by atoms with van der Waals surface area (Å²) in [6.07, 6.45) is 2.05. The number of piperidine rings is 1. The molecule has 5 nitrogen and oxygen atoms in total. The molecule has 0 aliphatic carbocycles. The van der Waals surface area contributed by atoms with Crippen LogP contribution in [0.1, 0.15) is 38.1 Å². The highest BCUT2D eigenvalue weighted by Gasteiger charge is 2.33. The smallest absolute Gasteiger partial charge is 0.246 e. The van der Waals surface area contributed by atoms with Gasteiger partial charge >= 0.3 is 0 Å². The lowest BCUT2D eigenvalue weighted by atomic mass is 10.0. The third-order valence-electron chi connectivity index (χ3n) is 3.83. The van der Waals surface area contributed by atoms with Gasteiger partial charge in [-0.05, 0) is 39.5 Å². The Balaban J connectivity index is 2.42. The number of rotatable bonds is 3. The summed E-state index contributed by atoms with van der Waals surface area (Å²) in [5.41, 5.74) is 1.36. The van der Waals surface area contributed by atoms with E-state index in [1.165, 1.54) is 0 Å². The molecule has 19 heavy (non-hydrogen) atoms. The molecular formula is C13H23N3O2S. The standard InChI is InChI=1S/C13H23N3O2S/c1-5-16-12(4)13(11(3)14-16)19(17,18)15-8-6-7-10(2)9-15/h10H,5-9H2,1-4H3/t10-/m1/s1. The Bertz CT molecular complexity index is 563. The molecule has 0 unspecified atom stereocenters. The monoisotopic (exact) mass is 285 g/mol. The van der Waals surface area contributed by atoms with Crippen molar-refractivity contribution in [3.05, 3.63) is 11.4 Å². The van der Waals surface area contributed by atoms with Gasteiger partial charge in [-0.25, -0.2) is 8.42 Å². The number of nitrogens with zero attached hydrogens (tertiary/aromatic N) is 3. The van der Waals surface area contributed by atoms with Crippen LogP contribution in [0.2, 0.25) is 0 Å². The minimum Gasteiger partial charge on any atom is -0.268 e. The van der Waals surface area contributed by atoms with Gasteiger partial charge in [-0.2, -0.15) is 9.40 Å². The molecule has 1 saturated heterocycles. The van der Waals surface area contributed by atoms with Crippen LogP contribution in [0.15, 0.2) is 4.90 Å². The first-order chi connectivity index (χ1) is 8.87.